The van der Waals surface area contributed by atoms with Crippen molar-refractivity contribution in [1.29, 1.82) is 0 Å². The summed E-state index contributed by atoms with van der Waals surface area (Å²) in [5.74, 6) is -0.0812. The summed E-state index contributed by atoms with van der Waals surface area (Å²) < 4.78 is 21.6. The molecule has 2 aromatic carbocycles. The fourth-order valence-corrected chi connectivity index (χ4v) is 2.90. The van der Waals surface area contributed by atoms with E-state index < -0.39 is 0 Å². The van der Waals surface area contributed by atoms with Crippen LogP contribution < -0.4 is 10.5 Å². The van der Waals surface area contributed by atoms with Crippen molar-refractivity contribution >= 4 is 10.9 Å². The highest BCUT2D eigenvalue weighted by Crippen LogP contribution is 2.29. The maximum Gasteiger partial charge on any atom is 0.165 e. The van der Waals surface area contributed by atoms with E-state index in [9.17, 15) is 4.39 Å². The standard InChI is InChI=1S/C19H21FN2O/c1-13(2)22-11-15(12-23-18-9-4-3-7-16(18)20)19-14(10-21)6-5-8-17(19)22/h3-9,11,13H,10,12,21H2,1-2H3. The zero-order valence-corrected chi connectivity index (χ0v) is 13.4. The fourth-order valence-electron chi connectivity index (χ4n) is 2.90. The normalized spacial score (nSPS) is 11.3. The van der Waals surface area contributed by atoms with Crippen molar-refractivity contribution in [2.24, 2.45) is 5.73 Å². The zero-order chi connectivity index (χ0) is 16.4. The molecule has 0 bridgehead atoms. The maximum atomic E-state index is 13.7. The van der Waals surface area contributed by atoms with Crippen LogP contribution in [0.5, 0.6) is 5.75 Å². The highest BCUT2D eigenvalue weighted by atomic mass is 19.1. The molecular formula is C19H21FN2O. The quantitative estimate of drug-likeness (QED) is 0.758. The first kappa shape index (κ1) is 15.6. The third kappa shape index (κ3) is 2.94. The van der Waals surface area contributed by atoms with Crippen LogP contribution in [0, 0.1) is 5.82 Å². The predicted molar refractivity (Wildman–Crippen MR) is 90.9 cm³/mol. The van der Waals surface area contributed by atoms with Crippen LogP contribution in [0.2, 0.25) is 0 Å². The second-order valence-electron chi connectivity index (χ2n) is 5.89. The first-order chi connectivity index (χ1) is 11.1. The molecule has 0 fully saturated rings. The monoisotopic (exact) mass is 312 g/mol. The number of rotatable bonds is 5. The Kier molecular flexibility index (Phi) is 4.35. The molecule has 0 aliphatic carbocycles. The molecule has 4 heteroatoms. The van der Waals surface area contributed by atoms with E-state index in [-0.39, 0.29) is 11.6 Å². The van der Waals surface area contributed by atoms with Crippen LogP contribution in [0.25, 0.3) is 10.9 Å². The van der Waals surface area contributed by atoms with Crippen LogP contribution in [0.4, 0.5) is 4.39 Å². The number of ether oxygens (including phenoxy) is 1. The molecule has 3 aromatic rings. The Morgan fingerprint density at radius 2 is 1.87 bits per heavy atom. The summed E-state index contributed by atoms with van der Waals surface area (Å²) in [6.07, 6.45) is 2.08. The molecular weight excluding hydrogens is 291 g/mol. The lowest BCUT2D eigenvalue weighted by Gasteiger charge is -2.09. The molecule has 3 rings (SSSR count). The number of para-hydroxylation sites is 1. The summed E-state index contributed by atoms with van der Waals surface area (Å²) >= 11 is 0. The van der Waals surface area contributed by atoms with Gasteiger partial charge in [-0.1, -0.05) is 24.3 Å². The first-order valence-electron chi connectivity index (χ1n) is 7.80. The Morgan fingerprint density at radius 1 is 1.09 bits per heavy atom. The molecule has 0 radical (unpaired) electrons. The van der Waals surface area contributed by atoms with E-state index in [2.05, 4.69) is 30.7 Å². The van der Waals surface area contributed by atoms with Gasteiger partial charge in [-0.3, -0.25) is 0 Å². The van der Waals surface area contributed by atoms with E-state index in [1.54, 1.807) is 18.2 Å². The van der Waals surface area contributed by atoms with Gasteiger partial charge in [0.2, 0.25) is 0 Å². The minimum atomic E-state index is -0.348. The number of fused-ring (bicyclic) bond motifs is 1. The Morgan fingerprint density at radius 3 is 2.57 bits per heavy atom. The van der Waals surface area contributed by atoms with Crippen LogP contribution >= 0.6 is 0 Å². The van der Waals surface area contributed by atoms with Crippen molar-refractivity contribution in [1.82, 2.24) is 4.57 Å². The van der Waals surface area contributed by atoms with E-state index in [0.29, 0.717) is 19.2 Å². The van der Waals surface area contributed by atoms with Gasteiger partial charge in [0, 0.05) is 35.2 Å². The average molecular weight is 312 g/mol. The summed E-state index contributed by atoms with van der Waals surface area (Å²) in [6, 6.07) is 12.9. The number of halogens is 1. The first-order valence-corrected chi connectivity index (χ1v) is 7.80. The van der Waals surface area contributed by atoms with Crippen molar-refractivity contribution in [3.05, 3.63) is 65.6 Å². The van der Waals surface area contributed by atoms with Gasteiger partial charge in [0.25, 0.3) is 0 Å². The van der Waals surface area contributed by atoms with E-state index in [1.165, 1.54) is 6.07 Å². The molecule has 0 saturated heterocycles. The summed E-state index contributed by atoms with van der Waals surface area (Å²) in [5, 5.41) is 1.11. The number of benzene rings is 2. The van der Waals surface area contributed by atoms with Gasteiger partial charge < -0.3 is 15.0 Å². The third-order valence-electron chi connectivity index (χ3n) is 4.02. The lowest BCUT2D eigenvalue weighted by Crippen LogP contribution is -2.00. The number of nitrogens with two attached hydrogens (primary N) is 1. The van der Waals surface area contributed by atoms with Gasteiger partial charge in [0.15, 0.2) is 11.6 Å². The number of aromatic nitrogens is 1. The van der Waals surface area contributed by atoms with Gasteiger partial charge in [0.1, 0.15) is 6.61 Å². The molecule has 0 aliphatic heterocycles. The Balaban J connectivity index is 2.01. The Bertz CT molecular complexity index is 823. The van der Waals surface area contributed by atoms with Crippen molar-refractivity contribution in [2.45, 2.75) is 33.0 Å². The number of nitrogens with zero attached hydrogens (tertiary/aromatic N) is 1. The molecule has 2 N–H and O–H groups in total. The van der Waals surface area contributed by atoms with Crippen molar-refractivity contribution < 1.29 is 9.13 Å². The smallest absolute Gasteiger partial charge is 0.165 e. The summed E-state index contributed by atoms with van der Waals surface area (Å²) in [7, 11) is 0. The van der Waals surface area contributed by atoms with Gasteiger partial charge in [-0.05, 0) is 37.6 Å². The minimum absolute atomic E-state index is 0.267. The van der Waals surface area contributed by atoms with E-state index in [4.69, 9.17) is 10.5 Å². The van der Waals surface area contributed by atoms with Crippen molar-refractivity contribution in [3.63, 3.8) is 0 Å². The zero-order valence-electron chi connectivity index (χ0n) is 13.4. The third-order valence-corrected chi connectivity index (χ3v) is 4.02. The van der Waals surface area contributed by atoms with Crippen LogP contribution in [0.15, 0.2) is 48.7 Å². The van der Waals surface area contributed by atoms with Crippen LogP contribution in [-0.2, 0) is 13.2 Å². The fraction of sp³-hybridized carbons (Fsp3) is 0.263. The van der Waals surface area contributed by atoms with Gasteiger partial charge in [-0.25, -0.2) is 4.39 Å². The highest BCUT2D eigenvalue weighted by molar-refractivity contribution is 5.87. The summed E-state index contributed by atoms with van der Waals surface area (Å²) in [6.45, 7) is 5.05. The van der Waals surface area contributed by atoms with Crippen LogP contribution in [0.1, 0.15) is 31.0 Å². The lowest BCUT2D eigenvalue weighted by molar-refractivity contribution is 0.291. The van der Waals surface area contributed by atoms with Gasteiger partial charge in [0.05, 0.1) is 0 Å². The summed E-state index contributed by atoms with van der Waals surface area (Å²) in [4.78, 5) is 0. The predicted octanol–water partition coefficient (Wildman–Crippen LogP) is 4.40. The van der Waals surface area contributed by atoms with Gasteiger partial charge in [-0.2, -0.15) is 0 Å². The van der Waals surface area contributed by atoms with E-state index in [1.807, 2.05) is 12.1 Å². The van der Waals surface area contributed by atoms with Gasteiger partial charge >= 0.3 is 0 Å². The molecule has 1 heterocycles. The SMILES string of the molecule is CC(C)n1cc(COc2ccccc2F)c2c(CN)cccc21. The molecule has 120 valence electrons. The van der Waals surface area contributed by atoms with Gasteiger partial charge in [-0.15, -0.1) is 0 Å². The highest BCUT2D eigenvalue weighted by Gasteiger charge is 2.14. The van der Waals surface area contributed by atoms with E-state index in [0.717, 1.165) is 22.0 Å². The van der Waals surface area contributed by atoms with Crippen LogP contribution in [-0.4, -0.2) is 4.57 Å². The largest absolute Gasteiger partial charge is 0.486 e. The lowest BCUT2D eigenvalue weighted by atomic mass is 10.1. The molecule has 0 aliphatic rings. The molecule has 1 aromatic heterocycles. The average Bonchev–Trinajstić information content (AvgIpc) is 2.93. The van der Waals surface area contributed by atoms with E-state index >= 15 is 0 Å². The molecule has 0 saturated carbocycles. The molecule has 0 amide bonds. The molecule has 23 heavy (non-hydrogen) atoms. The number of hydrogen-bond donors (Lipinski definition) is 1. The van der Waals surface area contributed by atoms with Crippen molar-refractivity contribution in [3.8, 4) is 5.75 Å². The van der Waals surface area contributed by atoms with Crippen LogP contribution in [0.3, 0.4) is 0 Å². The maximum absolute atomic E-state index is 13.7. The Hall–Kier alpha value is -2.33. The number of hydrogen-bond acceptors (Lipinski definition) is 2. The Labute approximate surface area is 135 Å². The molecule has 0 atom stereocenters. The molecule has 0 unspecified atom stereocenters. The summed E-state index contributed by atoms with van der Waals surface area (Å²) in [5.41, 5.74) is 9.13. The molecule has 3 nitrogen and oxygen atoms in total. The van der Waals surface area contributed by atoms with Crippen molar-refractivity contribution in [2.75, 3.05) is 0 Å². The second kappa shape index (κ2) is 6.42. The minimum Gasteiger partial charge on any atom is -0.486 e. The second-order valence-corrected chi connectivity index (χ2v) is 5.89. The topological polar surface area (TPSA) is 40.2 Å². The molecule has 0 spiro atoms.